The van der Waals surface area contributed by atoms with Gasteiger partial charge in [-0.05, 0) is 36.8 Å². The number of nitrogens with zero attached hydrogens (tertiary/aromatic N) is 2. The SMILES string of the molecule is O=C(/N=C(/NCC1CCO1)Nc1cc(-c2ccc(Cl)cc2)n[nH]1)c1ccc(F)c(F)c1. The Balaban J connectivity index is 1.53. The highest BCUT2D eigenvalue weighted by Crippen LogP contribution is 2.21. The molecule has 1 aromatic heterocycles. The van der Waals surface area contributed by atoms with Gasteiger partial charge in [-0.1, -0.05) is 23.7 Å². The summed E-state index contributed by atoms with van der Waals surface area (Å²) >= 11 is 5.92. The minimum absolute atomic E-state index is 0.0109. The van der Waals surface area contributed by atoms with Crippen molar-refractivity contribution in [3.05, 3.63) is 70.8 Å². The number of nitrogens with one attached hydrogen (secondary N) is 3. The minimum Gasteiger partial charge on any atom is -0.376 e. The molecular formula is C21H18ClF2N5O2. The lowest BCUT2D eigenvalue weighted by Gasteiger charge is -2.27. The number of hydrogen-bond donors (Lipinski definition) is 3. The van der Waals surface area contributed by atoms with Gasteiger partial charge in [-0.3, -0.25) is 9.89 Å². The number of aromatic nitrogens is 2. The van der Waals surface area contributed by atoms with Crippen molar-refractivity contribution in [3.63, 3.8) is 0 Å². The molecular weight excluding hydrogens is 428 g/mol. The predicted molar refractivity (Wildman–Crippen MR) is 113 cm³/mol. The van der Waals surface area contributed by atoms with Crippen LogP contribution in [0.4, 0.5) is 14.6 Å². The van der Waals surface area contributed by atoms with E-state index in [0.717, 1.165) is 24.1 Å². The number of rotatable bonds is 5. The van der Waals surface area contributed by atoms with Crippen molar-refractivity contribution in [3.8, 4) is 11.3 Å². The van der Waals surface area contributed by atoms with Crippen LogP contribution in [0.25, 0.3) is 11.3 Å². The Labute approximate surface area is 181 Å². The van der Waals surface area contributed by atoms with Crippen molar-refractivity contribution in [2.45, 2.75) is 12.5 Å². The van der Waals surface area contributed by atoms with Gasteiger partial charge in [-0.25, -0.2) is 8.78 Å². The van der Waals surface area contributed by atoms with E-state index in [0.29, 0.717) is 29.7 Å². The minimum atomic E-state index is -1.12. The van der Waals surface area contributed by atoms with Gasteiger partial charge in [0.15, 0.2) is 11.6 Å². The van der Waals surface area contributed by atoms with Crippen LogP contribution < -0.4 is 10.6 Å². The molecule has 0 aliphatic carbocycles. The molecule has 1 aliphatic rings. The van der Waals surface area contributed by atoms with E-state index >= 15 is 0 Å². The Bertz CT molecular complexity index is 1110. The number of carbonyl (C=O) groups excluding carboxylic acids is 1. The molecule has 3 N–H and O–H groups in total. The number of aromatic amines is 1. The molecule has 3 aromatic rings. The molecule has 2 heterocycles. The number of anilines is 1. The van der Waals surface area contributed by atoms with Crippen molar-refractivity contribution >= 4 is 29.3 Å². The Kier molecular flexibility index (Phi) is 6.24. The van der Waals surface area contributed by atoms with Crippen LogP contribution >= 0.6 is 11.6 Å². The molecule has 1 unspecified atom stereocenters. The molecule has 0 bridgehead atoms. The second kappa shape index (κ2) is 9.23. The van der Waals surface area contributed by atoms with Gasteiger partial charge in [0.2, 0.25) is 5.96 Å². The van der Waals surface area contributed by atoms with Gasteiger partial charge in [-0.2, -0.15) is 10.1 Å². The van der Waals surface area contributed by atoms with E-state index in [-0.39, 0.29) is 17.6 Å². The number of aliphatic imine (C=N–C) groups is 1. The van der Waals surface area contributed by atoms with Gasteiger partial charge >= 0.3 is 0 Å². The second-order valence-electron chi connectivity index (χ2n) is 6.86. The average Bonchev–Trinajstić information content (AvgIpc) is 3.17. The Morgan fingerprint density at radius 1 is 1.19 bits per heavy atom. The summed E-state index contributed by atoms with van der Waals surface area (Å²) in [5.74, 6) is -2.29. The number of H-pyrrole nitrogens is 1. The lowest BCUT2D eigenvalue weighted by Crippen LogP contribution is -2.42. The van der Waals surface area contributed by atoms with Gasteiger partial charge in [0.25, 0.3) is 5.91 Å². The molecule has 1 amide bonds. The van der Waals surface area contributed by atoms with Gasteiger partial charge in [-0.15, -0.1) is 0 Å². The molecule has 0 radical (unpaired) electrons. The topological polar surface area (TPSA) is 91.4 Å². The molecule has 0 spiro atoms. The maximum absolute atomic E-state index is 13.5. The first-order chi connectivity index (χ1) is 15.0. The molecule has 4 rings (SSSR count). The number of benzene rings is 2. The summed E-state index contributed by atoms with van der Waals surface area (Å²) in [6.45, 7) is 1.11. The van der Waals surface area contributed by atoms with Crippen LogP contribution in [0, 0.1) is 11.6 Å². The van der Waals surface area contributed by atoms with Gasteiger partial charge < -0.3 is 15.4 Å². The fourth-order valence-corrected chi connectivity index (χ4v) is 2.97. The van der Waals surface area contributed by atoms with Crippen molar-refractivity contribution in [2.75, 3.05) is 18.5 Å². The van der Waals surface area contributed by atoms with Crippen LogP contribution in [0.5, 0.6) is 0 Å². The molecule has 31 heavy (non-hydrogen) atoms. The smallest absolute Gasteiger partial charge is 0.280 e. The van der Waals surface area contributed by atoms with Crippen molar-refractivity contribution in [1.82, 2.24) is 15.5 Å². The summed E-state index contributed by atoms with van der Waals surface area (Å²) in [5.41, 5.74) is 1.43. The van der Waals surface area contributed by atoms with E-state index in [4.69, 9.17) is 16.3 Å². The monoisotopic (exact) mass is 445 g/mol. The second-order valence-corrected chi connectivity index (χ2v) is 7.29. The zero-order valence-electron chi connectivity index (χ0n) is 16.2. The molecule has 2 aromatic carbocycles. The molecule has 7 nitrogen and oxygen atoms in total. The van der Waals surface area contributed by atoms with E-state index in [1.165, 1.54) is 6.07 Å². The first kappa shape index (κ1) is 21.0. The number of hydrogen-bond acceptors (Lipinski definition) is 3. The normalized spacial score (nSPS) is 16.0. The molecule has 1 saturated heterocycles. The first-order valence-electron chi connectivity index (χ1n) is 9.50. The summed E-state index contributed by atoms with van der Waals surface area (Å²) in [5, 5.41) is 13.7. The quantitative estimate of drug-likeness (QED) is 0.408. The fourth-order valence-electron chi connectivity index (χ4n) is 2.84. The van der Waals surface area contributed by atoms with Crippen molar-refractivity contribution < 1.29 is 18.3 Å². The van der Waals surface area contributed by atoms with E-state index < -0.39 is 17.5 Å². The predicted octanol–water partition coefficient (Wildman–Crippen LogP) is 4.00. The largest absolute Gasteiger partial charge is 0.376 e. The van der Waals surface area contributed by atoms with E-state index in [1.807, 2.05) is 12.1 Å². The third-order valence-electron chi connectivity index (χ3n) is 4.64. The number of halogens is 3. The molecule has 0 saturated carbocycles. The van der Waals surface area contributed by atoms with Crippen LogP contribution in [-0.2, 0) is 4.74 Å². The van der Waals surface area contributed by atoms with Crippen LogP contribution in [0.15, 0.2) is 53.5 Å². The third kappa shape index (κ3) is 5.25. The molecule has 1 fully saturated rings. The maximum Gasteiger partial charge on any atom is 0.280 e. The number of carbonyl (C=O) groups is 1. The average molecular weight is 446 g/mol. The molecule has 10 heteroatoms. The zero-order valence-corrected chi connectivity index (χ0v) is 16.9. The lowest BCUT2D eigenvalue weighted by atomic mass is 10.1. The van der Waals surface area contributed by atoms with Crippen LogP contribution in [0.1, 0.15) is 16.8 Å². The Morgan fingerprint density at radius 3 is 2.65 bits per heavy atom. The molecule has 160 valence electrons. The third-order valence-corrected chi connectivity index (χ3v) is 4.89. The van der Waals surface area contributed by atoms with Crippen molar-refractivity contribution in [2.24, 2.45) is 4.99 Å². The Morgan fingerprint density at radius 2 is 1.97 bits per heavy atom. The van der Waals surface area contributed by atoms with Crippen molar-refractivity contribution in [1.29, 1.82) is 0 Å². The van der Waals surface area contributed by atoms with E-state index in [2.05, 4.69) is 25.8 Å². The Hall–Kier alpha value is -3.30. The highest BCUT2D eigenvalue weighted by Gasteiger charge is 2.19. The summed E-state index contributed by atoms with van der Waals surface area (Å²) in [6.07, 6.45) is 0.902. The van der Waals surface area contributed by atoms with E-state index in [9.17, 15) is 13.6 Å². The number of amides is 1. The standard InChI is InChI=1S/C21H18ClF2N5O2/c22-14-4-1-12(2-5-14)18-10-19(29-28-18)26-21(25-11-15-7-8-31-15)27-20(30)13-3-6-16(23)17(24)9-13/h1-6,9-10,15H,7-8,11H2,(H3,25,26,27,28,29,30). The highest BCUT2D eigenvalue weighted by molar-refractivity contribution is 6.30. The summed E-state index contributed by atoms with van der Waals surface area (Å²) in [4.78, 5) is 16.5. The maximum atomic E-state index is 13.5. The number of ether oxygens (including phenoxy) is 1. The highest BCUT2D eigenvalue weighted by atomic mass is 35.5. The van der Waals surface area contributed by atoms with E-state index in [1.54, 1.807) is 18.2 Å². The summed E-state index contributed by atoms with van der Waals surface area (Å²) in [6, 6.07) is 11.8. The summed E-state index contributed by atoms with van der Waals surface area (Å²) in [7, 11) is 0. The summed E-state index contributed by atoms with van der Waals surface area (Å²) < 4.78 is 32.0. The van der Waals surface area contributed by atoms with Crippen LogP contribution in [0.2, 0.25) is 5.02 Å². The lowest BCUT2D eigenvalue weighted by molar-refractivity contribution is -0.0460. The van der Waals surface area contributed by atoms with Crippen LogP contribution in [-0.4, -0.2) is 41.3 Å². The number of guanidine groups is 1. The van der Waals surface area contributed by atoms with Crippen LogP contribution in [0.3, 0.4) is 0 Å². The first-order valence-corrected chi connectivity index (χ1v) is 9.87. The van der Waals surface area contributed by atoms with Gasteiger partial charge in [0.05, 0.1) is 11.8 Å². The zero-order chi connectivity index (χ0) is 21.8. The van der Waals surface area contributed by atoms with Gasteiger partial charge in [0, 0.05) is 35.4 Å². The fraction of sp³-hybridized carbons (Fsp3) is 0.190. The van der Waals surface area contributed by atoms with Gasteiger partial charge in [0.1, 0.15) is 5.82 Å². The molecule has 1 aliphatic heterocycles. The molecule has 1 atom stereocenters.